The van der Waals surface area contributed by atoms with E-state index in [-0.39, 0.29) is 84.5 Å². The van der Waals surface area contributed by atoms with Crippen molar-refractivity contribution in [1.29, 1.82) is 5.26 Å². The second kappa shape index (κ2) is 61.6. The van der Waals surface area contributed by atoms with Gasteiger partial charge in [0.15, 0.2) is 0 Å². The normalized spacial score (nSPS) is 14.1. The van der Waals surface area contributed by atoms with Crippen LogP contribution in [0.25, 0.3) is 0 Å². The Morgan fingerprint density at radius 3 is 1.07 bits per heavy atom. The summed E-state index contributed by atoms with van der Waals surface area (Å²) in [6.45, 7) is 78.3. The molecule has 11 rings (SSSR count). The molecule has 0 saturated carbocycles. The van der Waals surface area contributed by atoms with Gasteiger partial charge in [-0.3, -0.25) is 48.1 Å². The minimum Gasteiger partial charge on any atom is -0.478 e. The number of pyridine rings is 4. The van der Waals surface area contributed by atoms with E-state index in [1.807, 2.05) is 121 Å². The Morgan fingerprint density at radius 2 is 0.756 bits per heavy atom. The van der Waals surface area contributed by atoms with Crippen LogP contribution >= 0.6 is 0 Å². The molecule has 0 fully saturated rings. The summed E-state index contributed by atoms with van der Waals surface area (Å²) in [4.78, 5) is 119. The van der Waals surface area contributed by atoms with Gasteiger partial charge in [0, 0.05) is 133 Å². The van der Waals surface area contributed by atoms with Crippen LogP contribution in [0.3, 0.4) is 0 Å². The fourth-order valence-corrected chi connectivity index (χ4v) is 11.3. The number of nitriles is 1. The number of carboxylic acids is 1. The number of aliphatic carboxylic acids is 1. The van der Waals surface area contributed by atoms with Crippen LogP contribution < -0.4 is 65.2 Å². The van der Waals surface area contributed by atoms with Crippen LogP contribution in [0.1, 0.15) is 233 Å². The number of carboxylic acid groups (broad SMARTS) is 1. The van der Waals surface area contributed by atoms with Crippen molar-refractivity contribution in [3.8, 4) is 6.07 Å². The minimum atomic E-state index is -0.941. The van der Waals surface area contributed by atoms with Crippen LogP contribution in [0.15, 0.2) is 330 Å². The molecule has 11 heterocycles. The molecule has 7 aliphatic heterocycles. The van der Waals surface area contributed by atoms with Gasteiger partial charge < -0.3 is 66.3 Å². The van der Waals surface area contributed by atoms with E-state index in [0.717, 1.165) is 61.8 Å². The standard InChI is InChI=1S/4C11H15NO2.C10H14N2O.C10H12N2.C10H13NO2.2C9H13N.2C8H12N2.CH4/c2*1-8(2)10-4-5-12(7-9(3)13)11(14)6-10;2*1-8(2)10-4-5-11(14)12(7-10)6-9(3)13;1-6(2)8-4-9(10(11)13)7(3)12-5-8;1-7(2)10-4-9(5-11)8(3)12-6-10;1-6(2)8-4-9(10(12)13)7(3)11-5-8;1-7(2)9-4-5-10-8(3)6-9;1-7(2)9-5-4-8(3)10-6-9;1-6(2)8-4-9-7(3)10-5-8;1-6(2)8-5-9-7(3)4-10-8;/h2*4-6,8H,7H2,1-3H3;2*4-5,7-8H,6H2,1-3H3;4-6,12H,3H2,1-2H3,(H2,11,13);4,6-7,12H,3H2,1-2H3;4-6,11H,3H2,1-2H3,(H,12,13);2*4-7,10H,3H2,1-2H3;2*4-6,9H,3H2,1-2H3;1H4. The Kier molecular flexibility index (Phi) is 55.2. The highest BCUT2D eigenvalue weighted by atomic mass is 16.4. The van der Waals surface area contributed by atoms with Crippen LogP contribution in [0.4, 0.5) is 0 Å². The van der Waals surface area contributed by atoms with Gasteiger partial charge in [0.05, 0.1) is 54.8 Å². The highest BCUT2D eigenvalue weighted by Gasteiger charge is 2.19. The number of carbonyl (C=O) groups is 6. The molecule has 135 heavy (non-hydrogen) atoms. The van der Waals surface area contributed by atoms with E-state index < -0.39 is 11.9 Å². The molecule has 0 aliphatic carbocycles. The molecule has 0 unspecified atom stereocenters. The van der Waals surface area contributed by atoms with E-state index in [0.29, 0.717) is 99.2 Å². The monoisotopic (exact) mass is 1850 g/mol. The smallest absolute Gasteiger partial charge is 0.337 e. The molecule has 0 saturated heterocycles. The topological polar surface area (TPSA) is 369 Å². The Labute approximate surface area is 803 Å². The van der Waals surface area contributed by atoms with Crippen molar-refractivity contribution in [3.05, 3.63) is 365 Å². The van der Waals surface area contributed by atoms with Crippen molar-refractivity contribution in [1.82, 2.24) is 55.5 Å². The summed E-state index contributed by atoms with van der Waals surface area (Å²) in [5.41, 5.74) is 22.8. The van der Waals surface area contributed by atoms with Gasteiger partial charge in [-0.05, 0) is 197 Å². The number of nitrogens with two attached hydrogens (primary N) is 1. The van der Waals surface area contributed by atoms with E-state index in [2.05, 4.69) is 228 Å². The summed E-state index contributed by atoms with van der Waals surface area (Å²) in [7, 11) is 0. The van der Waals surface area contributed by atoms with Crippen LogP contribution in [-0.2, 0) is 54.9 Å². The summed E-state index contributed by atoms with van der Waals surface area (Å²) < 4.78 is 5.76. The minimum absolute atomic E-state index is 0. The van der Waals surface area contributed by atoms with E-state index in [9.17, 15) is 47.9 Å². The fourth-order valence-electron chi connectivity index (χ4n) is 11.3. The molecule has 26 heteroatoms. The third-order valence-corrected chi connectivity index (χ3v) is 20.0. The number of nitrogens with one attached hydrogen (secondary N) is 7. The zero-order chi connectivity index (χ0) is 102. The van der Waals surface area contributed by atoms with E-state index in [4.69, 9.17) is 16.1 Å². The number of ketones is 4. The number of amides is 1. The lowest BCUT2D eigenvalue weighted by molar-refractivity contribution is -0.132. The fraction of sp³-hybridized carbons (Fsp3) is 0.385. The molecule has 1 amide bonds. The molecular weight excluding hydrogens is 1700 g/mol. The zero-order valence-corrected chi connectivity index (χ0v) is 84.0. The molecular formula is C109H153N15O11. The molecule has 0 spiro atoms. The number of hydrogen-bond donors (Lipinski definition) is 9. The lowest BCUT2D eigenvalue weighted by atomic mass is 9.98. The maximum Gasteiger partial charge on any atom is 0.337 e. The Balaban J connectivity index is 0.00000147. The Morgan fingerprint density at radius 1 is 0.378 bits per heavy atom. The molecule has 0 aromatic carbocycles. The lowest BCUT2D eigenvalue weighted by Crippen LogP contribution is -2.23. The molecule has 7 aliphatic rings. The summed E-state index contributed by atoms with van der Waals surface area (Å²) >= 11 is 0. The predicted molar refractivity (Wildman–Crippen MR) is 557 cm³/mol. The molecule has 26 nitrogen and oxygen atoms in total. The number of nitrogens with zero attached hydrogens (tertiary/aromatic N) is 7. The van der Waals surface area contributed by atoms with Crippen LogP contribution in [-0.4, -0.2) is 70.8 Å². The van der Waals surface area contributed by atoms with Crippen molar-refractivity contribution in [3.63, 3.8) is 0 Å². The van der Waals surface area contributed by atoms with Gasteiger partial charge in [0.2, 0.25) is 0 Å². The van der Waals surface area contributed by atoms with Crippen LogP contribution in [0.2, 0.25) is 0 Å². The summed E-state index contributed by atoms with van der Waals surface area (Å²) in [5, 5.41) is 38.3. The highest BCUT2D eigenvalue weighted by Crippen LogP contribution is 2.25. The van der Waals surface area contributed by atoms with Crippen LogP contribution in [0.5, 0.6) is 0 Å². The van der Waals surface area contributed by atoms with Crippen molar-refractivity contribution in [2.75, 3.05) is 0 Å². The molecule has 0 atom stereocenters. The number of hydrogen-bond acceptors (Lipinski definition) is 20. The SMILES string of the molecule is C.C=C1C=C(C(C)C)C=CN1.C=C1C=CC(C(C)C)=CN1.C=C1C=NC(C(C)C)=CN1.C=C1N=CC(C(C)C)=CN1.C=C1NC=C(C(C)C)C=C1C#N.C=C1NC=C(C(C)C)C=C1C(=O)O.C=C1NC=C(C(C)C)C=C1C(N)=O.CC(=O)Cn1cc(C(C)C)ccc1=O.CC(=O)Cn1cc(C(C)C)ccc1=O.CC(=O)Cn1ccc(C(C)C)cc1=O.CC(=O)Cn1ccc(C(C)C)cc1=O. The quantitative estimate of drug-likeness (QED) is 0.0374. The van der Waals surface area contributed by atoms with Crippen molar-refractivity contribution >= 4 is 47.4 Å². The summed E-state index contributed by atoms with van der Waals surface area (Å²) in [6, 6.07) is 15.7. The summed E-state index contributed by atoms with van der Waals surface area (Å²) in [5.74, 6) is 4.05. The molecule has 0 radical (unpaired) electrons. The first kappa shape index (κ1) is 121. The van der Waals surface area contributed by atoms with Crippen molar-refractivity contribution in [2.45, 2.75) is 237 Å². The van der Waals surface area contributed by atoms with Gasteiger partial charge in [-0.25, -0.2) is 9.79 Å². The van der Waals surface area contributed by atoms with Crippen molar-refractivity contribution < 1.29 is 33.9 Å². The van der Waals surface area contributed by atoms with Crippen molar-refractivity contribution in [2.24, 2.45) is 57.1 Å². The number of primary amides is 1. The lowest BCUT2D eigenvalue weighted by Gasteiger charge is -2.17. The first-order chi connectivity index (χ1) is 62.5. The number of allylic oxidation sites excluding steroid dienone is 16. The van der Waals surface area contributed by atoms with E-state index in [1.165, 1.54) is 74.8 Å². The molecule has 4 aromatic rings. The molecule has 10 N–H and O–H groups in total. The maximum atomic E-state index is 11.5. The number of dihydropyridines is 5. The number of aliphatic imine (C=N–C) groups is 2. The number of aromatic nitrogens is 4. The van der Waals surface area contributed by atoms with Gasteiger partial charge in [-0.2, -0.15) is 5.26 Å². The van der Waals surface area contributed by atoms with Gasteiger partial charge in [-0.15, -0.1) is 0 Å². The maximum absolute atomic E-state index is 11.5. The number of rotatable bonds is 21. The number of carbonyl (C=O) groups excluding carboxylic acids is 5. The van der Waals surface area contributed by atoms with Gasteiger partial charge >= 0.3 is 5.97 Å². The first-order valence-electron chi connectivity index (χ1n) is 44.9. The average molecular weight is 1850 g/mol. The second-order valence-electron chi connectivity index (χ2n) is 35.8. The van der Waals surface area contributed by atoms with E-state index >= 15 is 0 Å². The summed E-state index contributed by atoms with van der Waals surface area (Å²) in [6.07, 6.45) is 37.4. The Bertz CT molecular complexity index is 5310. The van der Waals surface area contributed by atoms with Gasteiger partial charge in [0.25, 0.3) is 28.1 Å². The van der Waals surface area contributed by atoms with Gasteiger partial charge in [0.1, 0.15) is 35.0 Å². The van der Waals surface area contributed by atoms with Crippen LogP contribution in [0, 0.1) is 52.8 Å². The molecule has 0 bridgehead atoms. The third-order valence-electron chi connectivity index (χ3n) is 20.0. The zero-order valence-electron chi connectivity index (χ0n) is 84.0. The molecule has 730 valence electrons. The second-order valence-corrected chi connectivity index (χ2v) is 35.8. The first-order valence-corrected chi connectivity index (χ1v) is 44.9. The highest BCUT2D eigenvalue weighted by molar-refractivity contribution is 5.97. The van der Waals surface area contributed by atoms with E-state index in [1.54, 1.807) is 61.5 Å². The number of Topliss-reactive ketones (excluding diaryl/α,β-unsaturated/α-hetero) is 4. The molecule has 4 aromatic heterocycles. The Hall–Kier alpha value is -14.1. The van der Waals surface area contributed by atoms with Gasteiger partial charge in [-0.1, -0.05) is 224 Å². The predicted octanol–water partition coefficient (Wildman–Crippen LogP) is 19.4. The third kappa shape index (κ3) is 47.7. The largest absolute Gasteiger partial charge is 0.478 e. The average Bonchev–Trinajstić information content (AvgIpc) is 0.854.